The van der Waals surface area contributed by atoms with Gasteiger partial charge in [-0.15, -0.1) is 0 Å². The Kier molecular flexibility index (Phi) is 4.20. The second kappa shape index (κ2) is 6.51. The van der Waals surface area contributed by atoms with E-state index in [-0.39, 0.29) is 31.2 Å². The van der Waals surface area contributed by atoms with Crippen molar-refractivity contribution in [3.05, 3.63) is 96.6 Å². The fourth-order valence-electron chi connectivity index (χ4n) is 3.44. The Bertz CT molecular complexity index is 866. The van der Waals surface area contributed by atoms with Crippen LogP contribution in [0.15, 0.2) is 91.0 Å². The van der Waals surface area contributed by atoms with E-state index in [9.17, 15) is 4.79 Å². The number of hydrogen-bond acceptors (Lipinski definition) is 1. The molecular weight excluding hydrogens is 373 g/mol. The van der Waals surface area contributed by atoms with Gasteiger partial charge in [-0.25, -0.2) is 0 Å². The topological polar surface area (TPSA) is 20.3 Å². The van der Waals surface area contributed by atoms with Crippen LogP contribution in [-0.2, 0) is 4.79 Å². The van der Waals surface area contributed by atoms with Gasteiger partial charge in [0, 0.05) is 0 Å². The molecule has 0 aliphatic carbocycles. The van der Waals surface area contributed by atoms with Crippen LogP contribution >= 0.6 is 0 Å². The van der Waals surface area contributed by atoms with Gasteiger partial charge < -0.3 is 0 Å². The van der Waals surface area contributed by atoms with Crippen molar-refractivity contribution in [3.63, 3.8) is 0 Å². The molecule has 0 bridgehead atoms. The summed E-state index contributed by atoms with van der Waals surface area (Å²) in [5, 5.41) is 0. The van der Waals surface area contributed by atoms with Gasteiger partial charge in [0.2, 0.25) is 0 Å². The SMILES string of the molecule is C[C@@]1([Se]c2ccccc2)C(=O)N(c2ccccc2)[C@@H]1c1ccccc1. The average Bonchev–Trinajstić information content (AvgIpc) is 2.67. The van der Waals surface area contributed by atoms with E-state index >= 15 is 0 Å². The second-order valence-electron chi connectivity index (χ2n) is 6.35. The number of para-hydroxylation sites is 1. The van der Waals surface area contributed by atoms with Crippen LogP contribution in [0.5, 0.6) is 0 Å². The number of carbonyl (C=O) groups is 1. The van der Waals surface area contributed by atoms with Crippen LogP contribution < -0.4 is 9.36 Å². The average molecular weight is 392 g/mol. The minimum atomic E-state index is -0.369. The first kappa shape index (κ1) is 16.1. The van der Waals surface area contributed by atoms with Crippen molar-refractivity contribution >= 4 is 31.0 Å². The number of carbonyl (C=O) groups excluding carboxylic acids is 1. The molecule has 1 amide bonds. The van der Waals surface area contributed by atoms with Gasteiger partial charge in [-0.3, -0.25) is 0 Å². The summed E-state index contributed by atoms with van der Waals surface area (Å²) in [5.74, 6) is 0.219. The third kappa shape index (κ3) is 2.80. The van der Waals surface area contributed by atoms with E-state index in [1.165, 1.54) is 10.0 Å². The molecule has 0 spiro atoms. The van der Waals surface area contributed by atoms with E-state index in [0.717, 1.165) is 5.69 Å². The summed E-state index contributed by atoms with van der Waals surface area (Å²) in [5.41, 5.74) is 2.17. The Morgan fingerprint density at radius 2 is 1.32 bits per heavy atom. The van der Waals surface area contributed by atoms with Gasteiger partial charge in [-0.2, -0.15) is 0 Å². The number of anilines is 1. The van der Waals surface area contributed by atoms with E-state index in [4.69, 9.17) is 0 Å². The molecule has 1 fully saturated rings. The van der Waals surface area contributed by atoms with Crippen LogP contribution in [0.1, 0.15) is 18.5 Å². The molecular formula is C22H19NOSe. The Labute approximate surface area is 154 Å². The molecule has 25 heavy (non-hydrogen) atoms. The molecule has 0 N–H and O–H groups in total. The van der Waals surface area contributed by atoms with Crippen LogP contribution in [0.4, 0.5) is 5.69 Å². The Morgan fingerprint density at radius 3 is 1.92 bits per heavy atom. The summed E-state index contributed by atoms with van der Waals surface area (Å²) in [7, 11) is 0. The fraction of sp³-hybridized carbons (Fsp3) is 0.136. The third-order valence-corrected chi connectivity index (χ3v) is 7.44. The van der Waals surface area contributed by atoms with Crippen LogP contribution in [0.3, 0.4) is 0 Å². The Morgan fingerprint density at radius 1 is 0.800 bits per heavy atom. The van der Waals surface area contributed by atoms with E-state index in [0.29, 0.717) is 0 Å². The van der Waals surface area contributed by atoms with E-state index in [1.807, 2.05) is 47.4 Å². The second-order valence-corrected chi connectivity index (χ2v) is 9.54. The fourth-order valence-corrected chi connectivity index (χ4v) is 6.22. The van der Waals surface area contributed by atoms with Gasteiger partial charge in [0.1, 0.15) is 0 Å². The third-order valence-electron chi connectivity index (χ3n) is 4.65. The molecule has 1 aliphatic heterocycles. The summed E-state index contributed by atoms with van der Waals surface area (Å²) >= 11 is 0.0666. The van der Waals surface area contributed by atoms with E-state index < -0.39 is 0 Å². The van der Waals surface area contributed by atoms with Crippen molar-refractivity contribution in [3.8, 4) is 0 Å². The molecule has 0 aromatic heterocycles. The monoisotopic (exact) mass is 393 g/mol. The summed E-state index contributed by atoms with van der Waals surface area (Å²) < 4.78 is 0.894. The number of rotatable bonds is 4. The van der Waals surface area contributed by atoms with Crippen LogP contribution in [0, 0.1) is 0 Å². The van der Waals surface area contributed by atoms with Crippen LogP contribution in [0.25, 0.3) is 0 Å². The zero-order chi connectivity index (χ0) is 17.3. The van der Waals surface area contributed by atoms with Gasteiger partial charge in [-0.1, -0.05) is 0 Å². The first-order valence-corrected chi connectivity index (χ1v) is 10.1. The maximum absolute atomic E-state index is 13.2. The van der Waals surface area contributed by atoms with Gasteiger partial charge in [-0.05, 0) is 0 Å². The van der Waals surface area contributed by atoms with Crippen molar-refractivity contribution in [1.29, 1.82) is 0 Å². The molecule has 3 aromatic rings. The van der Waals surface area contributed by atoms with Crippen molar-refractivity contribution in [2.45, 2.75) is 17.3 Å². The number of nitrogens with zero attached hydrogens (tertiary/aromatic N) is 1. The van der Waals surface area contributed by atoms with E-state index in [2.05, 4.69) is 55.5 Å². The van der Waals surface area contributed by atoms with Gasteiger partial charge in [0.25, 0.3) is 0 Å². The number of benzene rings is 3. The first-order valence-electron chi connectivity index (χ1n) is 8.38. The Hall–Kier alpha value is -2.35. The van der Waals surface area contributed by atoms with Gasteiger partial charge in [0.05, 0.1) is 0 Å². The summed E-state index contributed by atoms with van der Waals surface area (Å²) in [6.45, 7) is 2.12. The molecule has 3 heteroatoms. The first-order chi connectivity index (χ1) is 12.2. The van der Waals surface area contributed by atoms with Crippen molar-refractivity contribution in [2.75, 3.05) is 4.90 Å². The van der Waals surface area contributed by atoms with E-state index in [1.54, 1.807) is 0 Å². The molecule has 2 nitrogen and oxygen atoms in total. The number of hydrogen-bond donors (Lipinski definition) is 0. The van der Waals surface area contributed by atoms with Crippen molar-refractivity contribution in [1.82, 2.24) is 0 Å². The normalized spacial score (nSPS) is 22.5. The molecule has 124 valence electrons. The molecule has 0 radical (unpaired) electrons. The quantitative estimate of drug-likeness (QED) is 0.486. The van der Waals surface area contributed by atoms with Crippen molar-refractivity contribution in [2.24, 2.45) is 0 Å². The molecule has 1 heterocycles. The molecule has 1 aliphatic rings. The predicted molar refractivity (Wildman–Crippen MR) is 103 cm³/mol. The molecule has 0 unspecified atom stereocenters. The van der Waals surface area contributed by atoms with Gasteiger partial charge in [0.15, 0.2) is 0 Å². The summed E-state index contributed by atoms with van der Waals surface area (Å²) in [4.78, 5) is 15.2. The Balaban J connectivity index is 1.75. The minimum absolute atomic E-state index is 0.0666. The molecule has 0 saturated carbocycles. The van der Waals surface area contributed by atoms with Crippen molar-refractivity contribution < 1.29 is 4.79 Å². The zero-order valence-corrected chi connectivity index (χ0v) is 15.7. The number of amides is 1. The molecule has 1 saturated heterocycles. The molecule has 4 rings (SSSR count). The molecule has 2 atom stereocenters. The molecule has 3 aromatic carbocycles. The van der Waals surface area contributed by atoms with Gasteiger partial charge >= 0.3 is 155 Å². The van der Waals surface area contributed by atoms with Crippen LogP contribution in [-0.4, -0.2) is 20.9 Å². The zero-order valence-electron chi connectivity index (χ0n) is 14.0. The van der Waals surface area contributed by atoms with Crippen LogP contribution in [0.2, 0.25) is 4.31 Å². The summed E-state index contributed by atoms with van der Waals surface area (Å²) in [6.07, 6.45) is 0. The number of β-lactam (4-membered cyclic amide) rings is 1. The predicted octanol–water partition coefficient (Wildman–Crippen LogP) is 3.98. The standard InChI is InChI=1S/C22H19NOSe/c1-22(25-19-15-9-4-10-16-19)20(17-11-5-2-6-12-17)23(21(22)24)18-13-7-3-8-14-18/h2-16,20H,1H3/t20-,22+/m1/s1. The maximum atomic E-state index is 13.2. The summed E-state index contributed by atoms with van der Waals surface area (Å²) in [6, 6.07) is 30.8.